The number of phenolic OH excluding ortho intramolecular Hbond substituents is 1. The van der Waals surface area contributed by atoms with Gasteiger partial charge in [-0.1, -0.05) is 6.07 Å². The number of carbonyl (C=O) groups is 1. The molecule has 4 N–H and O–H groups in total. The standard InChI is InChI=1S/C14H13BrN2O2/c1-8-2-4-10(7-12(8)16)17-14(19)9-3-5-11(15)13(18)6-9/h2-7,18H,16H2,1H3,(H,17,19). The van der Waals surface area contributed by atoms with Gasteiger partial charge in [0.2, 0.25) is 0 Å². The van der Waals surface area contributed by atoms with Gasteiger partial charge in [-0.2, -0.15) is 0 Å². The molecule has 2 rings (SSSR count). The van der Waals surface area contributed by atoms with E-state index in [-0.39, 0.29) is 11.7 Å². The predicted molar refractivity (Wildman–Crippen MR) is 79.4 cm³/mol. The van der Waals surface area contributed by atoms with E-state index in [0.29, 0.717) is 21.4 Å². The zero-order valence-electron chi connectivity index (χ0n) is 10.3. The number of hydrogen-bond donors (Lipinski definition) is 3. The molecule has 1 amide bonds. The van der Waals surface area contributed by atoms with E-state index in [2.05, 4.69) is 21.2 Å². The summed E-state index contributed by atoms with van der Waals surface area (Å²) in [6, 6.07) is 9.96. The molecule has 0 saturated heterocycles. The summed E-state index contributed by atoms with van der Waals surface area (Å²) in [5.74, 6) is -0.276. The Morgan fingerprint density at radius 2 is 2.00 bits per heavy atom. The number of hydrogen-bond acceptors (Lipinski definition) is 3. The number of benzene rings is 2. The molecule has 0 fully saturated rings. The zero-order valence-corrected chi connectivity index (χ0v) is 11.9. The first-order valence-corrected chi connectivity index (χ1v) is 6.42. The van der Waals surface area contributed by atoms with Crippen molar-refractivity contribution in [3.05, 3.63) is 52.0 Å². The van der Waals surface area contributed by atoms with Crippen molar-refractivity contribution in [3.63, 3.8) is 0 Å². The number of rotatable bonds is 2. The molecule has 5 heteroatoms. The summed E-state index contributed by atoms with van der Waals surface area (Å²) in [6.45, 7) is 1.90. The van der Waals surface area contributed by atoms with Crippen LogP contribution in [-0.4, -0.2) is 11.0 Å². The van der Waals surface area contributed by atoms with Crippen LogP contribution in [0.15, 0.2) is 40.9 Å². The Kier molecular flexibility index (Phi) is 3.76. The van der Waals surface area contributed by atoms with Crippen LogP contribution in [-0.2, 0) is 0 Å². The number of phenols is 1. The summed E-state index contributed by atoms with van der Waals surface area (Å²) in [5, 5.41) is 12.3. The van der Waals surface area contributed by atoms with Crippen molar-refractivity contribution in [2.24, 2.45) is 0 Å². The van der Waals surface area contributed by atoms with Crippen LogP contribution in [0.5, 0.6) is 5.75 Å². The second-order valence-electron chi connectivity index (χ2n) is 4.19. The molecule has 0 bridgehead atoms. The lowest BCUT2D eigenvalue weighted by Gasteiger charge is -2.08. The van der Waals surface area contributed by atoms with Gasteiger partial charge in [-0.15, -0.1) is 0 Å². The van der Waals surface area contributed by atoms with E-state index in [9.17, 15) is 9.90 Å². The molecule has 0 radical (unpaired) electrons. The molecule has 2 aromatic carbocycles. The number of aryl methyl sites for hydroxylation is 1. The number of nitrogen functional groups attached to an aromatic ring is 1. The molecule has 0 unspecified atom stereocenters. The maximum atomic E-state index is 12.0. The largest absolute Gasteiger partial charge is 0.507 e. The minimum absolute atomic E-state index is 0.0241. The van der Waals surface area contributed by atoms with Crippen molar-refractivity contribution in [3.8, 4) is 5.75 Å². The maximum absolute atomic E-state index is 12.0. The summed E-state index contributed by atoms with van der Waals surface area (Å²) >= 11 is 3.16. The molecule has 19 heavy (non-hydrogen) atoms. The van der Waals surface area contributed by atoms with Gasteiger partial charge in [-0.3, -0.25) is 4.79 Å². The molecule has 0 aliphatic heterocycles. The first-order valence-electron chi connectivity index (χ1n) is 5.63. The first kappa shape index (κ1) is 13.4. The van der Waals surface area contributed by atoms with Gasteiger partial charge < -0.3 is 16.2 Å². The molecular weight excluding hydrogens is 308 g/mol. The monoisotopic (exact) mass is 320 g/mol. The number of nitrogens with two attached hydrogens (primary N) is 1. The number of carbonyl (C=O) groups excluding carboxylic acids is 1. The molecule has 2 aromatic rings. The highest BCUT2D eigenvalue weighted by molar-refractivity contribution is 9.10. The van der Waals surface area contributed by atoms with E-state index in [1.807, 2.05) is 13.0 Å². The minimum Gasteiger partial charge on any atom is -0.507 e. The van der Waals surface area contributed by atoms with E-state index >= 15 is 0 Å². The lowest BCUT2D eigenvalue weighted by Crippen LogP contribution is -2.12. The SMILES string of the molecule is Cc1ccc(NC(=O)c2ccc(Br)c(O)c2)cc1N. The van der Waals surface area contributed by atoms with Crippen molar-refractivity contribution in [1.82, 2.24) is 0 Å². The molecule has 0 saturated carbocycles. The maximum Gasteiger partial charge on any atom is 0.255 e. The Hall–Kier alpha value is -2.01. The number of aromatic hydroxyl groups is 1. The zero-order chi connectivity index (χ0) is 14.0. The Morgan fingerprint density at radius 3 is 2.63 bits per heavy atom. The van der Waals surface area contributed by atoms with Gasteiger partial charge in [0.05, 0.1) is 4.47 Å². The molecule has 0 atom stereocenters. The first-order chi connectivity index (χ1) is 8.97. The van der Waals surface area contributed by atoms with Gasteiger partial charge in [0.1, 0.15) is 5.75 Å². The highest BCUT2D eigenvalue weighted by Crippen LogP contribution is 2.25. The van der Waals surface area contributed by atoms with Crippen LogP contribution in [0.4, 0.5) is 11.4 Å². The van der Waals surface area contributed by atoms with Crippen LogP contribution >= 0.6 is 15.9 Å². The normalized spacial score (nSPS) is 10.2. The Labute approximate surface area is 119 Å². The van der Waals surface area contributed by atoms with Crippen molar-refractivity contribution >= 4 is 33.2 Å². The van der Waals surface area contributed by atoms with E-state index in [4.69, 9.17) is 5.73 Å². The molecule has 0 heterocycles. The highest BCUT2D eigenvalue weighted by Gasteiger charge is 2.09. The van der Waals surface area contributed by atoms with Gasteiger partial charge in [-0.25, -0.2) is 0 Å². The fourth-order valence-electron chi connectivity index (χ4n) is 1.58. The third-order valence-corrected chi connectivity index (χ3v) is 3.42. The fraction of sp³-hybridized carbons (Fsp3) is 0.0714. The van der Waals surface area contributed by atoms with Gasteiger partial charge in [-0.05, 0) is 58.7 Å². The van der Waals surface area contributed by atoms with E-state index in [1.54, 1.807) is 24.3 Å². The summed E-state index contributed by atoms with van der Waals surface area (Å²) in [4.78, 5) is 12.0. The van der Waals surface area contributed by atoms with Crippen molar-refractivity contribution < 1.29 is 9.90 Å². The lowest BCUT2D eigenvalue weighted by molar-refractivity contribution is 0.102. The van der Waals surface area contributed by atoms with Crippen LogP contribution in [0.1, 0.15) is 15.9 Å². The summed E-state index contributed by atoms with van der Waals surface area (Å²) in [6.07, 6.45) is 0. The van der Waals surface area contributed by atoms with E-state index in [0.717, 1.165) is 5.56 Å². The summed E-state index contributed by atoms with van der Waals surface area (Å²) in [5.41, 5.74) is 8.36. The molecule has 4 nitrogen and oxygen atoms in total. The molecule has 0 aliphatic rings. The smallest absolute Gasteiger partial charge is 0.255 e. The highest BCUT2D eigenvalue weighted by atomic mass is 79.9. The van der Waals surface area contributed by atoms with Crippen LogP contribution in [0.25, 0.3) is 0 Å². The lowest BCUT2D eigenvalue weighted by atomic mass is 10.1. The number of nitrogens with one attached hydrogen (secondary N) is 1. The van der Waals surface area contributed by atoms with Gasteiger partial charge in [0.25, 0.3) is 5.91 Å². The third-order valence-electron chi connectivity index (χ3n) is 2.75. The van der Waals surface area contributed by atoms with E-state index in [1.165, 1.54) is 6.07 Å². The second-order valence-corrected chi connectivity index (χ2v) is 5.05. The van der Waals surface area contributed by atoms with Crippen LogP contribution in [0, 0.1) is 6.92 Å². The molecule has 98 valence electrons. The van der Waals surface area contributed by atoms with Crippen LogP contribution < -0.4 is 11.1 Å². The van der Waals surface area contributed by atoms with Gasteiger partial charge in [0.15, 0.2) is 0 Å². The predicted octanol–water partition coefficient (Wildman–Crippen LogP) is 3.30. The molecule has 0 aliphatic carbocycles. The Balaban J connectivity index is 2.20. The average Bonchev–Trinajstić information content (AvgIpc) is 2.37. The molecule has 0 spiro atoms. The molecule has 0 aromatic heterocycles. The minimum atomic E-state index is -0.300. The second kappa shape index (κ2) is 5.32. The topological polar surface area (TPSA) is 75.3 Å². The molecular formula is C14H13BrN2O2. The van der Waals surface area contributed by atoms with Gasteiger partial charge >= 0.3 is 0 Å². The van der Waals surface area contributed by atoms with Crippen molar-refractivity contribution in [1.29, 1.82) is 0 Å². The third kappa shape index (κ3) is 3.06. The Morgan fingerprint density at radius 1 is 1.26 bits per heavy atom. The van der Waals surface area contributed by atoms with Gasteiger partial charge in [0, 0.05) is 16.9 Å². The van der Waals surface area contributed by atoms with E-state index < -0.39 is 0 Å². The average molecular weight is 321 g/mol. The van der Waals surface area contributed by atoms with Crippen molar-refractivity contribution in [2.75, 3.05) is 11.1 Å². The number of amides is 1. The van der Waals surface area contributed by atoms with Crippen LogP contribution in [0.2, 0.25) is 0 Å². The summed E-state index contributed by atoms with van der Waals surface area (Å²) in [7, 11) is 0. The Bertz CT molecular complexity index is 641. The number of halogens is 1. The fourth-order valence-corrected chi connectivity index (χ4v) is 1.82. The quantitative estimate of drug-likeness (QED) is 0.743. The van der Waals surface area contributed by atoms with Crippen LogP contribution in [0.3, 0.4) is 0 Å². The number of anilines is 2. The van der Waals surface area contributed by atoms with Crippen molar-refractivity contribution in [2.45, 2.75) is 6.92 Å². The summed E-state index contributed by atoms with van der Waals surface area (Å²) < 4.78 is 0.545.